The van der Waals surface area contributed by atoms with E-state index in [2.05, 4.69) is 21.9 Å². The van der Waals surface area contributed by atoms with Gasteiger partial charge in [0.25, 0.3) is 0 Å². The molecule has 1 unspecified atom stereocenters. The Bertz CT molecular complexity index is 436. The van der Waals surface area contributed by atoms with Crippen LogP contribution in [0.4, 0.5) is 5.69 Å². The monoisotopic (exact) mass is 284 g/mol. The van der Waals surface area contributed by atoms with Gasteiger partial charge < -0.3 is 4.90 Å². The Labute approximate surface area is 118 Å². The lowest BCUT2D eigenvalue weighted by Crippen LogP contribution is -2.50. The first-order valence-electron chi connectivity index (χ1n) is 6.61. The van der Waals surface area contributed by atoms with Gasteiger partial charge in [0.15, 0.2) is 0 Å². The lowest BCUT2D eigenvalue weighted by Gasteiger charge is -2.39. The molecule has 1 aromatic carbocycles. The van der Waals surface area contributed by atoms with Gasteiger partial charge in [-0.1, -0.05) is 17.7 Å². The van der Waals surface area contributed by atoms with Crippen LogP contribution >= 0.6 is 23.2 Å². The highest BCUT2D eigenvalue weighted by atomic mass is 35.5. The first kappa shape index (κ1) is 12.6. The van der Waals surface area contributed by atoms with Crippen molar-refractivity contribution >= 4 is 28.9 Å². The molecule has 0 aliphatic carbocycles. The van der Waals surface area contributed by atoms with Crippen molar-refractivity contribution in [2.24, 2.45) is 0 Å². The third-order valence-corrected chi connectivity index (χ3v) is 4.77. The van der Waals surface area contributed by atoms with Crippen molar-refractivity contribution in [1.29, 1.82) is 0 Å². The maximum atomic E-state index is 6.24. The van der Waals surface area contributed by atoms with Crippen molar-refractivity contribution in [2.75, 3.05) is 31.1 Å². The van der Waals surface area contributed by atoms with E-state index in [1.807, 2.05) is 6.07 Å². The molecule has 2 nitrogen and oxygen atoms in total. The van der Waals surface area contributed by atoms with E-state index < -0.39 is 0 Å². The Hall–Kier alpha value is -0.440. The summed E-state index contributed by atoms with van der Waals surface area (Å²) in [6, 6.07) is 6.99. The van der Waals surface area contributed by atoms with Gasteiger partial charge >= 0.3 is 0 Å². The van der Waals surface area contributed by atoms with Gasteiger partial charge in [-0.3, -0.25) is 4.90 Å². The van der Waals surface area contributed by atoms with E-state index in [0.717, 1.165) is 29.7 Å². The van der Waals surface area contributed by atoms with Crippen LogP contribution in [0.3, 0.4) is 0 Å². The number of hydrogen-bond donors (Lipinski definition) is 0. The highest BCUT2D eigenvalue weighted by Crippen LogP contribution is 2.29. The predicted molar refractivity (Wildman–Crippen MR) is 77.8 cm³/mol. The minimum Gasteiger partial charge on any atom is -0.369 e. The molecule has 2 aliphatic heterocycles. The second-order valence-electron chi connectivity index (χ2n) is 5.19. The summed E-state index contributed by atoms with van der Waals surface area (Å²) in [6.45, 7) is 4.70. The van der Waals surface area contributed by atoms with Gasteiger partial charge in [0.1, 0.15) is 0 Å². The smallest absolute Gasteiger partial charge is 0.0488 e. The van der Waals surface area contributed by atoms with Gasteiger partial charge in [-0.05, 0) is 37.1 Å². The van der Waals surface area contributed by atoms with Crippen LogP contribution in [0.15, 0.2) is 18.2 Å². The molecule has 2 aliphatic rings. The van der Waals surface area contributed by atoms with E-state index in [1.165, 1.54) is 31.6 Å². The molecular weight excluding hydrogens is 267 g/mol. The van der Waals surface area contributed by atoms with Crippen LogP contribution < -0.4 is 4.90 Å². The van der Waals surface area contributed by atoms with E-state index in [9.17, 15) is 0 Å². The fourth-order valence-corrected chi connectivity index (χ4v) is 3.61. The Balaban J connectivity index is 1.76. The highest BCUT2D eigenvalue weighted by Gasteiger charge is 2.30. The van der Waals surface area contributed by atoms with E-state index >= 15 is 0 Å². The lowest BCUT2D eigenvalue weighted by molar-refractivity contribution is 0.231. The van der Waals surface area contributed by atoms with Gasteiger partial charge in [-0.2, -0.15) is 0 Å². The molecular formula is C14H18Cl2N2. The van der Waals surface area contributed by atoms with Crippen LogP contribution in [0.1, 0.15) is 18.4 Å². The third kappa shape index (κ3) is 2.34. The maximum absolute atomic E-state index is 6.24. The Morgan fingerprint density at radius 3 is 2.89 bits per heavy atom. The third-order valence-electron chi connectivity index (χ3n) is 4.13. The molecule has 0 amide bonds. The number of hydrogen-bond acceptors (Lipinski definition) is 2. The molecule has 0 aromatic heterocycles. The molecule has 2 fully saturated rings. The van der Waals surface area contributed by atoms with E-state index in [-0.39, 0.29) is 0 Å². The summed E-state index contributed by atoms with van der Waals surface area (Å²) >= 11 is 12.1. The largest absolute Gasteiger partial charge is 0.369 e. The number of nitrogens with zero attached hydrogens (tertiary/aromatic N) is 2. The molecule has 0 radical (unpaired) electrons. The summed E-state index contributed by atoms with van der Waals surface area (Å²) in [5.74, 6) is 0.482. The van der Waals surface area contributed by atoms with E-state index in [4.69, 9.17) is 23.2 Å². The molecule has 0 saturated carbocycles. The molecule has 3 rings (SSSR count). The molecule has 1 aromatic rings. The molecule has 0 N–H and O–H groups in total. The van der Waals surface area contributed by atoms with Crippen molar-refractivity contribution < 1.29 is 0 Å². The summed E-state index contributed by atoms with van der Waals surface area (Å²) < 4.78 is 0. The van der Waals surface area contributed by atoms with Gasteiger partial charge in [-0.25, -0.2) is 0 Å². The highest BCUT2D eigenvalue weighted by molar-refractivity contribution is 6.32. The minimum absolute atomic E-state index is 0.482. The van der Waals surface area contributed by atoms with Crippen molar-refractivity contribution in [3.05, 3.63) is 28.8 Å². The summed E-state index contributed by atoms with van der Waals surface area (Å²) in [5.41, 5.74) is 2.25. The molecule has 0 bridgehead atoms. The topological polar surface area (TPSA) is 6.48 Å². The summed E-state index contributed by atoms with van der Waals surface area (Å²) in [5, 5.41) is 0.788. The first-order valence-corrected chi connectivity index (χ1v) is 7.52. The van der Waals surface area contributed by atoms with Gasteiger partial charge in [0.05, 0.1) is 0 Å². The number of anilines is 1. The Kier molecular flexibility index (Phi) is 3.69. The van der Waals surface area contributed by atoms with Gasteiger partial charge in [0.2, 0.25) is 0 Å². The van der Waals surface area contributed by atoms with E-state index in [0.29, 0.717) is 5.88 Å². The van der Waals surface area contributed by atoms with Crippen molar-refractivity contribution in [1.82, 2.24) is 4.90 Å². The zero-order chi connectivity index (χ0) is 12.5. The first-order chi connectivity index (χ1) is 8.78. The SMILES string of the molecule is ClCc1ccc(N2CCN3CCCC3C2)cc1Cl. The zero-order valence-corrected chi connectivity index (χ0v) is 11.9. The summed E-state index contributed by atoms with van der Waals surface area (Å²) in [4.78, 5) is 5.07. The number of fused-ring (bicyclic) bond motifs is 1. The van der Waals surface area contributed by atoms with Crippen LogP contribution in [-0.2, 0) is 5.88 Å². The normalized spacial score (nSPS) is 24.3. The minimum atomic E-state index is 0.482. The molecule has 4 heteroatoms. The van der Waals surface area contributed by atoms with Crippen molar-refractivity contribution in [3.8, 4) is 0 Å². The van der Waals surface area contributed by atoms with Crippen LogP contribution in [0.5, 0.6) is 0 Å². The molecule has 2 saturated heterocycles. The summed E-state index contributed by atoms with van der Waals surface area (Å²) in [7, 11) is 0. The van der Waals surface area contributed by atoms with Gasteiger partial charge in [-0.15, -0.1) is 11.6 Å². The average molecular weight is 285 g/mol. The lowest BCUT2D eigenvalue weighted by atomic mass is 10.1. The number of alkyl halides is 1. The fraction of sp³-hybridized carbons (Fsp3) is 0.571. The molecule has 2 heterocycles. The fourth-order valence-electron chi connectivity index (χ4n) is 3.07. The quantitative estimate of drug-likeness (QED) is 0.769. The van der Waals surface area contributed by atoms with E-state index in [1.54, 1.807) is 0 Å². The predicted octanol–water partition coefficient (Wildman–Crippen LogP) is 3.36. The second kappa shape index (κ2) is 5.28. The molecule has 18 heavy (non-hydrogen) atoms. The number of halogens is 2. The molecule has 1 atom stereocenters. The summed E-state index contributed by atoms with van der Waals surface area (Å²) in [6.07, 6.45) is 2.69. The van der Waals surface area contributed by atoms with Crippen molar-refractivity contribution in [2.45, 2.75) is 24.8 Å². The Morgan fingerprint density at radius 2 is 2.11 bits per heavy atom. The van der Waals surface area contributed by atoms with Gasteiger partial charge in [0, 0.05) is 42.3 Å². The second-order valence-corrected chi connectivity index (χ2v) is 5.86. The van der Waals surface area contributed by atoms with Crippen LogP contribution in [0, 0.1) is 0 Å². The standard InChI is InChI=1S/C14H18Cl2N2/c15-9-11-3-4-12(8-14(11)16)18-7-6-17-5-1-2-13(17)10-18/h3-4,8,13H,1-2,5-7,9-10H2. The van der Waals surface area contributed by atoms with Crippen molar-refractivity contribution in [3.63, 3.8) is 0 Å². The van der Waals surface area contributed by atoms with Crippen LogP contribution in [0.25, 0.3) is 0 Å². The number of benzene rings is 1. The Morgan fingerprint density at radius 1 is 1.22 bits per heavy atom. The number of piperazine rings is 1. The number of rotatable bonds is 2. The molecule has 0 spiro atoms. The average Bonchev–Trinajstić information content (AvgIpc) is 2.85. The van der Waals surface area contributed by atoms with Crippen LogP contribution in [-0.4, -0.2) is 37.1 Å². The zero-order valence-electron chi connectivity index (χ0n) is 10.4. The maximum Gasteiger partial charge on any atom is 0.0488 e. The van der Waals surface area contributed by atoms with Crippen LogP contribution in [0.2, 0.25) is 5.02 Å². The molecule has 98 valence electrons.